The lowest BCUT2D eigenvalue weighted by Gasteiger charge is -2.23. The third-order valence-electron chi connectivity index (χ3n) is 5.90. The van der Waals surface area contributed by atoms with Crippen molar-refractivity contribution in [3.63, 3.8) is 0 Å². The van der Waals surface area contributed by atoms with Crippen LogP contribution in [0, 0.1) is 0 Å². The van der Waals surface area contributed by atoms with Crippen LogP contribution in [0.5, 0.6) is 17.2 Å². The Balaban J connectivity index is 1.73. The number of fused-ring (bicyclic) bond motifs is 2. The molecule has 12 heteroatoms. The van der Waals surface area contributed by atoms with Crippen molar-refractivity contribution in [3.8, 4) is 17.2 Å². The largest absolute Gasteiger partial charge is 0.493 e. The van der Waals surface area contributed by atoms with Crippen LogP contribution in [-0.4, -0.2) is 98.9 Å². The first-order valence-electron chi connectivity index (χ1n) is 11.2. The number of methoxy groups -OCH3 is 2. The Morgan fingerprint density at radius 1 is 1.06 bits per heavy atom. The first-order valence-corrected chi connectivity index (χ1v) is 11.2. The normalized spacial score (nSPS) is 19.1. The first-order chi connectivity index (χ1) is 16.9. The molecule has 12 nitrogen and oxygen atoms in total. The van der Waals surface area contributed by atoms with Gasteiger partial charge in [-0.25, -0.2) is 9.97 Å². The van der Waals surface area contributed by atoms with Gasteiger partial charge in [0.25, 0.3) is 5.91 Å². The molecule has 0 saturated carbocycles. The van der Waals surface area contributed by atoms with E-state index in [1.807, 2.05) is 7.05 Å². The summed E-state index contributed by atoms with van der Waals surface area (Å²) in [5.74, 6) is 0.971. The maximum atomic E-state index is 12.7. The second-order valence-electron chi connectivity index (χ2n) is 8.24. The molecular weight excluding hydrogens is 454 g/mol. The third kappa shape index (κ3) is 5.27. The van der Waals surface area contributed by atoms with Crippen LogP contribution in [0.25, 0.3) is 0 Å². The highest BCUT2D eigenvalue weighted by Crippen LogP contribution is 2.41. The van der Waals surface area contributed by atoms with Gasteiger partial charge >= 0.3 is 0 Å². The minimum atomic E-state index is -0.682. The molecule has 0 saturated heterocycles. The lowest BCUT2D eigenvalue weighted by molar-refractivity contribution is -0.132. The van der Waals surface area contributed by atoms with E-state index in [2.05, 4.69) is 30.5 Å². The van der Waals surface area contributed by atoms with Gasteiger partial charge in [-0.2, -0.15) is 0 Å². The summed E-state index contributed by atoms with van der Waals surface area (Å²) in [4.78, 5) is 42.2. The van der Waals surface area contributed by atoms with Gasteiger partial charge in [0.15, 0.2) is 18.1 Å². The number of amides is 2. The lowest BCUT2D eigenvalue weighted by atomic mass is 10.0. The van der Waals surface area contributed by atoms with Gasteiger partial charge in [-0.05, 0) is 7.05 Å². The van der Waals surface area contributed by atoms with Gasteiger partial charge in [0, 0.05) is 51.6 Å². The summed E-state index contributed by atoms with van der Waals surface area (Å²) in [5, 5.41) is 6.09. The Morgan fingerprint density at radius 2 is 1.86 bits per heavy atom. The van der Waals surface area contributed by atoms with Gasteiger partial charge in [0.2, 0.25) is 11.7 Å². The van der Waals surface area contributed by atoms with E-state index >= 15 is 0 Å². The second-order valence-corrected chi connectivity index (χ2v) is 8.24. The first kappa shape index (κ1) is 24.2. The summed E-state index contributed by atoms with van der Waals surface area (Å²) >= 11 is 0. The fourth-order valence-corrected chi connectivity index (χ4v) is 3.83. The third-order valence-corrected chi connectivity index (χ3v) is 5.90. The minimum absolute atomic E-state index is 0.173. The van der Waals surface area contributed by atoms with Crippen LogP contribution in [0.1, 0.15) is 11.5 Å². The van der Waals surface area contributed by atoms with Gasteiger partial charge in [-0.3, -0.25) is 14.6 Å². The molecule has 1 aromatic carbocycles. The number of benzene rings is 1. The van der Waals surface area contributed by atoms with E-state index in [-0.39, 0.29) is 18.4 Å². The van der Waals surface area contributed by atoms with Crippen molar-refractivity contribution in [2.45, 2.75) is 5.92 Å². The fraction of sp³-hybridized carbons (Fsp3) is 0.435. The highest BCUT2D eigenvalue weighted by atomic mass is 16.5. The molecule has 0 fully saturated rings. The van der Waals surface area contributed by atoms with Gasteiger partial charge in [0.05, 0.1) is 25.5 Å². The quantitative estimate of drug-likeness (QED) is 0.645. The van der Waals surface area contributed by atoms with Crippen LogP contribution in [0.2, 0.25) is 0 Å². The molecule has 0 spiro atoms. The number of carbonyl (C=O) groups excluding carboxylic acids is 2. The van der Waals surface area contributed by atoms with Crippen molar-refractivity contribution in [2.75, 3.05) is 71.7 Å². The van der Waals surface area contributed by atoms with Crippen molar-refractivity contribution in [3.05, 3.63) is 24.0 Å². The predicted molar refractivity (Wildman–Crippen MR) is 130 cm³/mol. The van der Waals surface area contributed by atoms with Crippen molar-refractivity contribution < 1.29 is 23.8 Å². The number of nitrogens with one attached hydrogen (secondary N) is 2. The number of nitrogens with zero attached hydrogens (tertiary/aromatic N) is 5. The molecule has 2 aliphatic rings. The van der Waals surface area contributed by atoms with E-state index < -0.39 is 5.92 Å². The standard InChI is InChI=1S/C23H29N7O5/c1-29-6-5-24-21-19-15(23(32)28-22(19)27-13-26-21)11-25-14-9-16(33-3)20(34-4)17(10-14)35-12-18(31)30(2)8-7-29/h9-11,13,15H,5-8,12H2,1-4H3,(H2,24,26,27,28,32). The number of anilines is 2. The van der Waals surface area contributed by atoms with E-state index in [0.717, 1.165) is 0 Å². The van der Waals surface area contributed by atoms with Crippen molar-refractivity contribution >= 4 is 35.4 Å². The van der Waals surface area contributed by atoms with Crippen LogP contribution in [0.4, 0.5) is 17.3 Å². The molecule has 1 atom stereocenters. The average molecular weight is 484 g/mol. The van der Waals surface area contributed by atoms with Crippen molar-refractivity contribution in [1.82, 2.24) is 19.8 Å². The molecule has 1 aromatic heterocycles. The van der Waals surface area contributed by atoms with Gasteiger partial charge in [-0.1, -0.05) is 0 Å². The maximum Gasteiger partial charge on any atom is 0.260 e. The number of ether oxygens (including phenoxy) is 3. The number of hydrogen-bond acceptors (Lipinski definition) is 10. The van der Waals surface area contributed by atoms with E-state index in [9.17, 15) is 9.59 Å². The molecule has 3 heterocycles. The van der Waals surface area contributed by atoms with Crippen molar-refractivity contribution in [2.24, 2.45) is 4.99 Å². The number of likely N-dealkylation sites (N-methyl/N-ethyl adjacent to an activating group) is 2. The molecular formula is C23H29N7O5. The smallest absolute Gasteiger partial charge is 0.260 e. The van der Waals surface area contributed by atoms with E-state index in [1.165, 1.54) is 26.8 Å². The predicted octanol–water partition coefficient (Wildman–Crippen LogP) is 1.13. The Morgan fingerprint density at radius 3 is 2.63 bits per heavy atom. The summed E-state index contributed by atoms with van der Waals surface area (Å²) in [5.41, 5.74) is 1.11. The maximum absolute atomic E-state index is 12.7. The van der Waals surface area contributed by atoms with Crippen LogP contribution in [0.3, 0.4) is 0 Å². The van der Waals surface area contributed by atoms with Crippen LogP contribution >= 0.6 is 0 Å². The molecule has 0 radical (unpaired) electrons. The zero-order valence-corrected chi connectivity index (χ0v) is 20.2. The second kappa shape index (κ2) is 10.6. The SMILES string of the molecule is COc1cc2cc(c1OC)OCC(=O)N(C)CCN(C)CCNc1ncnc3c1C(C=N2)C(=O)N3. The summed E-state index contributed by atoms with van der Waals surface area (Å²) in [6.45, 7) is 2.34. The Kier molecular flexibility index (Phi) is 7.30. The summed E-state index contributed by atoms with van der Waals surface area (Å²) in [6, 6.07) is 3.30. The Labute approximate surface area is 203 Å². The zero-order valence-electron chi connectivity index (χ0n) is 20.2. The topological polar surface area (TPSA) is 131 Å². The van der Waals surface area contributed by atoms with Gasteiger partial charge < -0.3 is 34.6 Å². The van der Waals surface area contributed by atoms with E-state index in [1.54, 1.807) is 24.1 Å². The van der Waals surface area contributed by atoms with Crippen LogP contribution < -0.4 is 24.8 Å². The molecule has 2 N–H and O–H groups in total. The molecule has 35 heavy (non-hydrogen) atoms. The number of aromatic nitrogens is 2. The van der Waals surface area contributed by atoms with Crippen molar-refractivity contribution in [1.29, 1.82) is 0 Å². The molecule has 4 rings (SSSR count). The molecule has 186 valence electrons. The molecule has 2 aliphatic heterocycles. The number of rotatable bonds is 2. The molecule has 2 aromatic rings. The lowest BCUT2D eigenvalue weighted by Crippen LogP contribution is -2.38. The highest BCUT2D eigenvalue weighted by Gasteiger charge is 2.34. The fourth-order valence-electron chi connectivity index (χ4n) is 3.83. The summed E-state index contributed by atoms with van der Waals surface area (Å²) < 4.78 is 16.7. The zero-order chi connectivity index (χ0) is 24.9. The van der Waals surface area contributed by atoms with Crippen LogP contribution in [0.15, 0.2) is 23.5 Å². The number of aliphatic imine (C=N–C) groups is 1. The highest BCUT2D eigenvalue weighted by molar-refractivity contribution is 6.13. The minimum Gasteiger partial charge on any atom is -0.493 e. The summed E-state index contributed by atoms with van der Waals surface area (Å²) in [7, 11) is 6.70. The van der Waals surface area contributed by atoms with Gasteiger partial charge in [-0.15, -0.1) is 0 Å². The van der Waals surface area contributed by atoms with E-state index in [0.29, 0.717) is 66.3 Å². The number of carbonyl (C=O) groups is 2. The monoisotopic (exact) mass is 483 g/mol. The summed E-state index contributed by atoms with van der Waals surface area (Å²) in [6.07, 6.45) is 2.95. The number of hydrogen-bond donors (Lipinski definition) is 2. The average Bonchev–Trinajstić information content (AvgIpc) is 3.18. The van der Waals surface area contributed by atoms with Gasteiger partial charge in [0.1, 0.15) is 23.9 Å². The van der Waals surface area contributed by atoms with Crippen LogP contribution in [-0.2, 0) is 9.59 Å². The molecule has 0 aliphatic carbocycles. The Hall–Kier alpha value is -3.93. The molecule has 2 amide bonds. The van der Waals surface area contributed by atoms with E-state index in [4.69, 9.17) is 14.2 Å². The molecule has 1 unspecified atom stereocenters. The molecule has 2 bridgehead atoms. The Bertz CT molecular complexity index is 1140.